The molecule has 1 aromatic carbocycles. The van der Waals surface area contributed by atoms with Crippen molar-refractivity contribution in [3.63, 3.8) is 0 Å². The maximum absolute atomic E-state index is 11.8. The maximum atomic E-state index is 11.8. The van der Waals surface area contributed by atoms with E-state index in [0.717, 1.165) is 11.3 Å². The van der Waals surface area contributed by atoms with Gasteiger partial charge >= 0.3 is 6.03 Å². The summed E-state index contributed by atoms with van der Waals surface area (Å²) in [6.07, 6.45) is 1.51. The molecule has 1 aromatic heterocycles. The summed E-state index contributed by atoms with van der Waals surface area (Å²) in [5, 5.41) is 5.34. The molecule has 2 amide bonds. The van der Waals surface area contributed by atoms with Crippen LogP contribution < -0.4 is 21.1 Å². The van der Waals surface area contributed by atoms with Crippen molar-refractivity contribution in [3.8, 4) is 5.75 Å². The minimum absolute atomic E-state index is 0.369. The first-order valence-corrected chi connectivity index (χ1v) is 6.02. The van der Waals surface area contributed by atoms with Crippen molar-refractivity contribution in [3.05, 3.63) is 42.1 Å². The predicted molar refractivity (Wildman–Crippen MR) is 79.0 cm³/mol. The number of benzene rings is 1. The minimum atomic E-state index is -0.369. The van der Waals surface area contributed by atoms with Gasteiger partial charge in [-0.15, -0.1) is 0 Å². The third-order valence-corrected chi connectivity index (χ3v) is 2.74. The van der Waals surface area contributed by atoms with Crippen LogP contribution >= 0.6 is 0 Å². The highest BCUT2D eigenvalue weighted by Gasteiger charge is 2.05. The smallest absolute Gasteiger partial charge is 0.324 e. The summed E-state index contributed by atoms with van der Waals surface area (Å²) in [7, 11) is 1.59. The van der Waals surface area contributed by atoms with Gasteiger partial charge in [-0.05, 0) is 42.8 Å². The second-order valence-electron chi connectivity index (χ2n) is 4.23. The summed E-state index contributed by atoms with van der Waals surface area (Å²) in [6.45, 7) is 1.85. The average molecular weight is 272 g/mol. The van der Waals surface area contributed by atoms with E-state index in [9.17, 15) is 4.79 Å². The number of carbonyl (C=O) groups is 1. The summed E-state index contributed by atoms with van der Waals surface area (Å²) < 4.78 is 5.04. The van der Waals surface area contributed by atoms with Gasteiger partial charge in [-0.3, -0.25) is 5.32 Å². The number of carbonyl (C=O) groups excluding carboxylic acids is 1. The first-order valence-electron chi connectivity index (χ1n) is 6.02. The summed E-state index contributed by atoms with van der Waals surface area (Å²) in [5.74, 6) is 1.18. The number of urea groups is 1. The molecule has 0 spiro atoms. The molecule has 0 unspecified atom stereocenters. The maximum Gasteiger partial charge on any atom is 0.324 e. The van der Waals surface area contributed by atoms with Gasteiger partial charge in [0.1, 0.15) is 11.6 Å². The molecular formula is C14H16N4O2. The lowest BCUT2D eigenvalue weighted by atomic mass is 10.2. The molecule has 6 nitrogen and oxygen atoms in total. The number of hydrogen-bond donors (Lipinski definition) is 3. The molecule has 0 saturated heterocycles. The van der Waals surface area contributed by atoms with Crippen LogP contribution in [-0.2, 0) is 0 Å². The number of nitrogen functional groups attached to an aromatic ring is 1. The highest BCUT2D eigenvalue weighted by atomic mass is 16.5. The second-order valence-corrected chi connectivity index (χ2v) is 4.23. The van der Waals surface area contributed by atoms with Gasteiger partial charge in [0.25, 0.3) is 0 Å². The van der Waals surface area contributed by atoms with Crippen LogP contribution in [0.3, 0.4) is 0 Å². The Hall–Kier alpha value is -2.76. The first kappa shape index (κ1) is 13.7. The van der Waals surface area contributed by atoms with E-state index in [1.165, 1.54) is 6.20 Å². The molecule has 0 aliphatic carbocycles. The molecule has 0 aliphatic heterocycles. The fourth-order valence-corrected chi connectivity index (χ4v) is 1.59. The topological polar surface area (TPSA) is 89.3 Å². The van der Waals surface area contributed by atoms with E-state index in [0.29, 0.717) is 17.2 Å². The highest BCUT2D eigenvalue weighted by Crippen LogP contribution is 2.16. The number of aryl methyl sites for hydroxylation is 1. The van der Waals surface area contributed by atoms with E-state index in [2.05, 4.69) is 15.6 Å². The van der Waals surface area contributed by atoms with E-state index < -0.39 is 0 Å². The van der Waals surface area contributed by atoms with Gasteiger partial charge in [-0.2, -0.15) is 0 Å². The molecule has 4 N–H and O–H groups in total. The molecule has 0 fully saturated rings. The number of aromatic nitrogens is 1. The molecule has 0 radical (unpaired) electrons. The van der Waals surface area contributed by atoms with Gasteiger partial charge in [0.05, 0.1) is 19.0 Å². The minimum Gasteiger partial charge on any atom is -0.497 e. The third-order valence-electron chi connectivity index (χ3n) is 2.74. The molecule has 1 heterocycles. The molecular weight excluding hydrogens is 256 g/mol. The monoisotopic (exact) mass is 272 g/mol. The van der Waals surface area contributed by atoms with Crippen LogP contribution in [0, 0.1) is 6.92 Å². The summed E-state index contributed by atoms with van der Waals surface area (Å²) in [4.78, 5) is 15.8. The Morgan fingerprint density at radius 3 is 2.55 bits per heavy atom. The van der Waals surface area contributed by atoms with Gasteiger partial charge in [0.15, 0.2) is 0 Å². The van der Waals surface area contributed by atoms with E-state index >= 15 is 0 Å². The van der Waals surface area contributed by atoms with Gasteiger partial charge in [0, 0.05) is 5.69 Å². The number of rotatable bonds is 3. The molecule has 0 atom stereocenters. The number of methoxy groups -OCH3 is 1. The van der Waals surface area contributed by atoms with Crippen molar-refractivity contribution < 1.29 is 9.53 Å². The molecule has 2 aromatic rings. The zero-order valence-corrected chi connectivity index (χ0v) is 11.3. The Morgan fingerprint density at radius 1 is 1.25 bits per heavy atom. The molecule has 0 aliphatic rings. The number of nitrogens with one attached hydrogen (secondary N) is 2. The number of hydrogen-bond acceptors (Lipinski definition) is 4. The fraction of sp³-hybridized carbons (Fsp3) is 0.143. The van der Waals surface area contributed by atoms with Crippen molar-refractivity contribution in [2.45, 2.75) is 6.92 Å². The van der Waals surface area contributed by atoms with Crippen LogP contribution in [-0.4, -0.2) is 18.1 Å². The lowest BCUT2D eigenvalue weighted by Gasteiger charge is -2.08. The molecule has 0 bridgehead atoms. The quantitative estimate of drug-likeness (QED) is 0.801. The Morgan fingerprint density at radius 2 is 1.95 bits per heavy atom. The van der Waals surface area contributed by atoms with Crippen molar-refractivity contribution in [2.75, 3.05) is 23.5 Å². The summed E-state index contributed by atoms with van der Waals surface area (Å²) in [5.41, 5.74) is 7.78. The normalized spacial score (nSPS) is 9.90. The van der Waals surface area contributed by atoms with Crippen molar-refractivity contribution in [1.82, 2.24) is 4.98 Å². The Bertz CT molecular complexity index is 611. The summed E-state index contributed by atoms with van der Waals surface area (Å²) in [6, 6.07) is 8.37. The Labute approximate surface area is 117 Å². The van der Waals surface area contributed by atoms with E-state index in [1.54, 1.807) is 37.4 Å². The van der Waals surface area contributed by atoms with E-state index in [4.69, 9.17) is 10.5 Å². The van der Waals surface area contributed by atoms with Crippen LogP contribution in [0.1, 0.15) is 5.56 Å². The third kappa shape index (κ3) is 3.38. The van der Waals surface area contributed by atoms with Gasteiger partial charge in [-0.25, -0.2) is 9.78 Å². The Balaban J connectivity index is 1.99. The highest BCUT2D eigenvalue weighted by molar-refractivity contribution is 5.99. The average Bonchev–Trinajstić information content (AvgIpc) is 2.44. The summed E-state index contributed by atoms with van der Waals surface area (Å²) >= 11 is 0. The van der Waals surface area contributed by atoms with Crippen LogP contribution in [0.25, 0.3) is 0 Å². The number of amides is 2. The largest absolute Gasteiger partial charge is 0.497 e. The molecule has 2 rings (SSSR count). The molecule has 6 heteroatoms. The predicted octanol–water partition coefficient (Wildman–Crippen LogP) is 2.62. The second kappa shape index (κ2) is 5.92. The lowest BCUT2D eigenvalue weighted by Crippen LogP contribution is -2.20. The van der Waals surface area contributed by atoms with E-state index in [-0.39, 0.29) is 6.03 Å². The molecule has 104 valence electrons. The number of anilines is 3. The van der Waals surface area contributed by atoms with Crippen molar-refractivity contribution in [2.24, 2.45) is 0 Å². The molecule has 0 saturated carbocycles. The Kier molecular flexibility index (Phi) is 4.05. The number of nitrogens with zero attached hydrogens (tertiary/aromatic N) is 1. The first-order chi connectivity index (χ1) is 9.58. The number of ether oxygens (including phenoxy) is 1. The molecule has 20 heavy (non-hydrogen) atoms. The van der Waals surface area contributed by atoms with Gasteiger partial charge in [-0.1, -0.05) is 0 Å². The lowest BCUT2D eigenvalue weighted by molar-refractivity contribution is 0.262. The van der Waals surface area contributed by atoms with Crippen LogP contribution in [0.4, 0.5) is 22.0 Å². The fourth-order valence-electron chi connectivity index (χ4n) is 1.59. The number of pyridine rings is 1. The zero-order valence-electron chi connectivity index (χ0n) is 11.3. The van der Waals surface area contributed by atoms with Crippen molar-refractivity contribution >= 4 is 23.2 Å². The standard InChI is InChI=1S/C14H16N4O2/c1-9-7-13(16-8-12(9)15)18-14(19)17-10-3-5-11(20-2)6-4-10/h3-8H,15H2,1-2H3,(H2,16,17,18,19). The van der Waals surface area contributed by atoms with E-state index in [1.807, 2.05) is 6.92 Å². The SMILES string of the molecule is COc1ccc(NC(=O)Nc2cc(C)c(N)cn2)cc1. The van der Waals surface area contributed by atoms with Crippen LogP contribution in [0.15, 0.2) is 36.5 Å². The zero-order chi connectivity index (χ0) is 14.5. The van der Waals surface area contributed by atoms with Crippen molar-refractivity contribution in [1.29, 1.82) is 0 Å². The van der Waals surface area contributed by atoms with Gasteiger partial charge < -0.3 is 15.8 Å². The number of nitrogens with two attached hydrogens (primary N) is 1. The van der Waals surface area contributed by atoms with Crippen LogP contribution in [0.5, 0.6) is 5.75 Å². The van der Waals surface area contributed by atoms with Crippen LogP contribution in [0.2, 0.25) is 0 Å². The van der Waals surface area contributed by atoms with Gasteiger partial charge in [0.2, 0.25) is 0 Å².